The van der Waals surface area contributed by atoms with E-state index in [4.69, 9.17) is 4.74 Å². The van der Waals surface area contributed by atoms with Gasteiger partial charge in [-0.25, -0.2) is 5.43 Å². The Labute approximate surface area is 168 Å². The predicted octanol–water partition coefficient (Wildman–Crippen LogP) is 1.76. The van der Waals surface area contributed by atoms with Gasteiger partial charge in [-0.3, -0.25) is 14.4 Å². The summed E-state index contributed by atoms with van der Waals surface area (Å²) in [5.74, 6) is -1.51. The van der Waals surface area contributed by atoms with Crippen LogP contribution in [0.15, 0.2) is 66.3 Å². The maximum Gasteiger partial charge on any atom is 0.329 e. The van der Waals surface area contributed by atoms with Gasteiger partial charge >= 0.3 is 11.8 Å². The van der Waals surface area contributed by atoms with Crippen molar-refractivity contribution >= 4 is 29.6 Å². The summed E-state index contributed by atoms with van der Waals surface area (Å²) in [6.45, 7) is 5.37. The van der Waals surface area contributed by atoms with Gasteiger partial charge in [-0.1, -0.05) is 36.4 Å². The van der Waals surface area contributed by atoms with Crippen LogP contribution >= 0.6 is 0 Å². The van der Waals surface area contributed by atoms with Gasteiger partial charge in [0.15, 0.2) is 6.61 Å². The maximum atomic E-state index is 12.1. The number of rotatable bonds is 8. The molecule has 0 spiro atoms. The second-order valence-electron chi connectivity index (χ2n) is 5.92. The number of carbonyl (C=O) groups is 3. The molecule has 0 saturated carbocycles. The van der Waals surface area contributed by atoms with Crippen molar-refractivity contribution in [3.63, 3.8) is 0 Å². The SMILES string of the molecule is C=CCNC(=O)C(=O)N/N=C\c1cccc(OCC(=O)Nc2ccccc2C)c1. The lowest BCUT2D eigenvalue weighted by molar-refractivity contribution is -0.139. The maximum absolute atomic E-state index is 12.1. The van der Waals surface area contributed by atoms with E-state index in [0.29, 0.717) is 11.3 Å². The van der Waals surface area contributed by atoms with Gasteiger partial charge in [0.2, 0.25) is 0 Å². The fourth-order valence-electron chi connectivity index (χ4n) is 2.19. The molecule has 0 atom stereocenters. The van der Waals surface area contributed by atoms with Gasteiger partial charge in [-0.15, -0.1) is 6.58 Å². The second kappa shape index (κ2) is 11.0. The zero-order valence-corrected chi connectivity index (χ0v) is 16.0. The van der Waals surface area contributed by atoms with Crippen LogP contribution in [0, 0.1) is 6.92 Å². The molecule has 0 aliphatic rings. The number of carbonyl (C=O) groups excluding carboxylic acids is 3. The third-order valence-corrected chi connectivity index (χ3v) is 3.64. The standard InChI is InChI=1S/C21H22N4O4/c1-3-11-22-20(27)21(28)25-23-13-16-8-6-9-17(12-16)29-14-19(26)24-18-10-5-4-7-15(18)2/h3-10,12-13H,1,11,14H2,2H3,(H,22,27)(H,24,26)(H,25,28)/b23-13-. The van der Waals surface area contributed by atoms with E-state index in [9.17, 15) is 14.4 Å². The van der Waals surface area contributed by atoms with E-state index >= 15 is 0 Å². The first-order valence-corrected chi connectivity index (χ1v) is 8.80. The van der Waals surface area contributed by atoms with E-state index in [1.165, 1.54) is 12.3 Å². The van der Waals surface area contributed by atoms with Crippen molar-refractivity contribution in [3.05, 3.63) is 72.3 Å². The minimum Gasteiger partial charge on any atom is -0.484 e. The van der Waals surface area contributed by atoms with Crippen LogP contribution in [0.5, 0.6) is 5.75 Å². The number of aryl methyl sites for hydroxylation is 1. The molecule has 0 radical (unpaired) electrons. The Morgan fingerprint density at radius 2 is 1.90 bits per heavy atom. The van der Waals surface area contributed by atoms with Crippen molar-refractivity contribution in [1.82, 2.24) is 10.7 Å². The number of para-hydroxylation sites is 1. The molecule has 8 heteroatoms. The Balaban J connectivity index is 1.85. The van der Waals surface area contributed by atoms with E-state index in [2.05, 4.69) is 27.7 Å². The van der Waals surface area contributed by atoms with Crippen LogP contribution in [0.4, 0.5) is 5.69 Å². The molecule has 3 N–H and O–H groups in total. The number of nitrogens with one attached hydrogen (secondary N) is 3. The highest BCUT2D eigenvalue weighted by Gasteiger charge is 2.10. The molecule has 0 aliphatic carbocycles. The number of benzene rings is 2. The monoisotopic (exact) mass is 394 g/mol. The van der Waals surface area contributed by atoms with Crippen molar-refractivity contribution < 1.29 is 19.1 Å². The van der Waals surface area contributed by atoms with Crippen LogP contribution < -0.4 is 20.8 Å². The molecule has 29 heavy (non-hydrogen) atoms. The first-order chi connectivity index (χ1) is 14.0. The van der Waals surface area contributed by atoms with Crippen molar-refractivity contribution in [2.75, 3.05) is 18.5 Å². The fraction of sp³-hybridized carbons (Fsp3) is 0.143. The molecule has 0 fully saturated rings. The lowest BCUT2D eigenvalue weighted by Crippen LogP contribution is -2.37. The lowest BCUT2D eigenvalue weighted by atomic mass is 10.2. The summed E-state index contributed by atoms with van der Waals surface area (Å²) < 4.78 is 5.50. The zero-order valence-electron chi connectivity index (χ0n) is 16.0. The summed E-state index contributed by atoms with van der Waals surface area (Å²) in [4.78, 5) is 35.0. The molecule has 8 nitrogen and oxygen atoms in total. The van der Waals surface area contributed by atoms with Gasteiger partial charge in [0, 0.05) is 12.2 Å². The van der Waals surface area contributed by atoms with Crippen molar-refractivity contribution in [3.8, 4) is 5.75 Å². The molecular weight excluding hydrogens is 372 g/mol. The first-order valence-electron chi connectivity index (χ1n) is 8.80. The summed E-state index contributed by atoms with van der Waals surface area (Å²) in [6.07, 6.45) is 2.82. The highest BCUT2D eigenvalue weighted by Crippen LogP contribution is 2.14. The van der Waals surface area contributed by atoms with Gasteiger partial charge in [0.05, 0.1) is 6.21 Å². The van der Waals surface area contributed by atoms with Crippen molar-refractivity contribution in [2.45, 2.75) is 6.92 Å². The Morgan fingerprint density at radius 3 is 2.66 bits per heavy atom. The number of nitrogens with zero attached hydrogens (tertiary/aromatic N) is 1. The van der Waals surface area contributed by atoms with Crippen LogP contribution in [0.1, 0.15) is 11.1 Å². The smallest absolute Gasteiger partial charge is 0.329 e. The molecule has 0 bridgehead atoms. The molecular formula is C21H22N4O4. The quantitative estimate of drug-likeness (QED) is 0.274. The highest BCUT2D eigenvalue weighted by atomic mass is 16.5. The summed E-state index contributed by atoms with van der Waals surface area (Å²) in [7, 11) is 0. The number of ether oxygens (including phenoxy) is 1. The molecule has 0 saturated heterocycles. The average molecular weight is 394 g/mol. The molecule has 150 valence electrons. The molecule has 0 heterocycles. The van der Waals surface area contributed by atoms with Crippen LogP contribution in [0.2, 0.25) is 0 Å². The van der Waals surface area contributed by atoms with Gasteiger partial charge < -0.3 is 15.4 Å². The predicted molar refractivity (Wildman–Crippen MR) is 111 cm³/mol. The molecule has 0 unspecified atom stereocenters. The Kier molecular flexibility index (Phi) is 8.12. The molecule has 0 aromatic heterocycles. The third kappa shape index (κ3) is 7.30. The fourth-order valence-corrected chi connectivity index (χ4v) is 2.19. The third-order valence-electron chi connectivity index (χ3n) is 3.64. The Hall–Kier alpha value is -3.94. The van der Waals surface area contributed by atoms with Crippen LogP contribution in [-0.2, 0) is 14.4 Å². The Morgan fingerprint density at radius 1 is 1.10 bits per heavy atom. The highest BCUT2D eigenvalue weighted by molar-refractivity contribution is 6.35. The Bertz CT molecular complexity index is 924. The number of hydrogen-bond acceptors (Lipinski definition) is 5. The van der Waals surface area contributed by atoms with E-state index in [1.54, 1.807) is 24.3 Å². The first kappa shape index (κ1) is 21.4. The number of hydrogen-bond donors (Lipinski definition) is 3. The van der Waals surface area contributed by atoms with Crippen LogP contribution in [0.25, 0.3) is 0 Å². The number of anilines is 1. The normalized spacial score (nSPS) is 10.2. The summed E-state index contributed by atoms with van der Waals surface area (Å²) in [5, 5.41) is 8.85. The zero-order chi connectivity index (χ0) is 21.1. The number of amides is 3. The number of hydrazone groups is 1. The van der Waals surface area contributed by atoms with E-state index in [-0.39, 0.29) is 19.1 Å². The average Bonchev–Trinajstić information content (AvgIpc) is 2.72. The summed E-state index contributed by atoms with van der Waals surface area (Å²) >= 11 is 0. The van der Waals surface area contributed by atoms with E-state index < -0.39 is 11.8 Å². The molecule has 2 aromatic carbocycles. The minimum atomic E-state index is -0.886. The van der Waals surface area contributed by atoms with Gasteiger partial charge in [-0.2, -0.15) is 5.10 Å². The van der Waals surface area contributed by atoms with Crippen molar-refractivity contribution in [2.24, 2.45) is 5.10 Å². The van der Waals surface area contributed by atoms with Gasteiger partial charge in [-0.05, 0) is 36.2 Å². The molecule has 3 amide bonds. The van der Waals surface area contributed by atoms with Gasteiger partial charge in [0.1, 0.15) is 5.75 Å². The molecule has 2 rings (SSSR count). The topological polar surface area (TPSA) is 109 Å². The van der Waals surface area contributed by atoms with E-state index in [0.717, 1.165) is 11.3 Å². The summed E-state index contributed by atoms with van der Waals surface area (Å²) in [6, 6.07) is 14.2. The second-order valence-corrected chi connectivity index (χ2v) is 5.92. The summed E-state index contributed by atoms with van der Waals surface area (Å²) in [5.41, 5.74) is 4.43. The molecule has 2 aromatic rings. The molecule has 0 aliphatic heterocycles. The lowest BCUT2D eigenvalue weighted by Gasteiger charge is -2.09. The minimum absolute atomic E-state index is 0.158. The largest absolute Gasteiger partial charge is 0.484 e. The van der Waals surface area contributed by atoms with Crippen LogP contribution in [-0.4, -0.2) is 37.1 Å². The van der Waals surface area contributed by atoms with Crippen molar-refractivity contribution in [1.29, 1.82) is 0 Å². The van der Waals surface area contributed by atoms with Gasteiger partial charge in [0.25, 0.3) is 5.91 Å². The van der Waals surface area contributed by atoms with Crippen LogP contribution in [0.3, 0.4) is 0 Å². The van der Waals surface area contributed by atoms with E-state index in [1.807, 2.05) is 31.2 Å².